The van der Waals surface area contributed by atoms with Gasteiger partial charge in [0.25, 0.3) is 0 Å². The van der Waals surface area contributed by atoms with Gasteiger partial charge in [-0.15, -0.1) is 0 Å². The third kappa shape index (κ3) is 4.99. The summed E-state index contributed by atoms with van der Waals surface area (Å²) in [5.74, 6) is -0.251. The molecule has 0 spiro atoms. The molecule has 5 nitrogen and oxygen atoms in total. The molecule has 3 aromatic rings. The predicted molar refractivity (Wildman–Crippen MR) is 118 cm³/mol. The number of anilines is 2. The van der Waals surface area contributed by atoms with E-state index in [1.807, 2.05) is 54.6 Å². The zero-order valence-electron chi connectivity index (χ0n) is 17.4. The Kier molecular flexibility index (Phi) is 5.97. The van der Waals surface area contributed by atoms with Gasteiger partial charge in [-0.05, 0) is 35.2 Å². The number of hydrogen-bond donors (Lipinski definition) is 1. The second-order valence-electron chi connectivity index (χ2n) is 8.15. The Morgan fingerprint density at radius 2 is 1.69 bits per heavy atom. The van der Waals surface area contributed by atoms with Gasteiger partial charge in [0.15, 0.2) is 0 Å². The molecule has 2 aromatic carbocycles. The van der Waals surface area contributed by atoms with Crippen LogP contribution in [0.2, 0.25) is 0 Å². The van der Waals surface area contributed by atoms with Crippen LogP contribution in [0.4, 0.5) is 11.4 Å². The number of aromatic nitrogens is 1. The average molecular weight is 389 g/mol. The van der Waals surface area contributed by atoms with E-state index in [4.69, 9.17) is 0 Å². The predicted octanol–water partition coefficient (Wildman–Crippen LogP) is 4.91. The quantitative estimate of drug-likeness (QED) is 0.674. The van der Waals surface area contributed by atoms with Gasteiger partial charge in [0.2, 0.25) is 11.8 Å². The molecule has 0 aliphatic rings. The first-order valence-corrected chi connectivity index (χ1v) is 9.78. The summed E-state index contributed by atoms with van der Waals surface area (Å²) in [5.41, 5.74) is 3.50. The lowest BCUT2D eigenvalue weighted by molar-refractivity contribution is -0.117. The van der Waals surface area contributed by atoms with Crippen molar-refractivity contribution in [2.24, 2.45) is 0 Å². The summed E-state index contributed by atoms with van der Waals surface area (Å²) < 4.78 is 0. The Hall–Kier alpha value is -3.21. The fourth-order valence-corrected chi connectivity index (χ4v) is 3.24. The molecule has 0 atom stereocenters. The normalized spacial score (nSPS) is 11.3. The maximum absolute atomic E-state index is 12.5. The van der Waals surface area contributed by atoms with E-state index in [-0.39, 0.29) is 30.2 Å². The fraction of sp³-hybridized carbons (Fsp3) is 0.292. The van der Waals surface area contributed by atoms with Crippen molar-refractivity contribution in [2.75, 3.05) is 16.8 Å². The molecule has 1 heterocycles. The molecule has 0 radical (unpaired) electrons. The van der Waals surface area contributed by atoms with Crippen LogP contribution >= 0.6 is 0 Å². The van der Waals surface area contributed by atoms with Crippen LogP contribution in [0.3, 0.4) is 0 Å². The molecular formula is C24H27N3O2. The molecule has 0 unspecified atom stereocenters. The Morgan fingerprint density at radius 1 is 1.00 bits per heavy atom. The summed E-state index contributed by atoms with van der Waals surface area (Å²) in [5, 5.41) is 3.87. The van der Waals surface area contributed by atoms with Crippen molar-refractivity contribution in [3.63, 3.8) is 0 Å². The minimum Gasteiger partial charge on any atom is -0.326 e. The fourth-order valence-electron chi connectivity index (χ4n) is 3.24. The number of para-hydroxylation sites is 1. The average Bonchev–Trinajstić information content (AvgIpc) is 2.68. The lowest BCUT2D eigenvalue weighted by atomic mass is 9.87. The Bertz CT molecular complexity index is 1010. The first kappa shape index (κ1) is 20.5. The summed E-state index contributed by atoms with van der Waals surface area (Å²) in [4.78, 5) is 30.7. The van der Waals surface area contributed by atoms with E-state index in [0.29, 0.717) is 0 Å². The summed E-state index contributed by atoms with van der Waals surface area (Å²) >= 11 is 0. The molecular weight excluding hydrogens is 362 g/mol. The van der Waals surface area contributed by atoms with Crippen molar-refractivity contribution in [1.82, 2.24) is 4.98 Å². The van der Waals surface area contributed by atoms with Crippen LogP contribution in [0, 0.1) is 0 Å². The zero-order chi connectivity index (χ0) is 21.0. The van der Waals surface area contributed by atoms with E-state index in [9.17, 15) is 9.59 Å². The molecule has 1 N–H and O–H groups in total. The number of hydrogen-bond acceptors (Lipinski definition) is 3. The van der Waals surface area contributed by atoms with Crippen LogP contribution in [0.5, 0.6) is 0 Å². The van der Waals surface area contributed by atoms with Crippen LogP contribution in [-0.4, -0.2) is 23.3 Å². The van der Waals surface area contributed by atoms with Gasteiger partial charge in [-0.25, -0.2) is 0 Å². The molecule has 0 saturated heterocycles. The van der Waals surface area contributed by atoms with Crippen molar-refractivity contribution in [3.8, 4) is 0 Å². The number of carbonyl (C=O) groups excluding carboxylic acids is 2. The molecule has 29 heavy (non-hydrogen) atoms. The number of carbonyl (C=O) groups is 2. The highest BCUT2D eigenvalue weighted by atomic mass is 16.2. The lowest BCUT2D eigenvalue weighted by Gasteiger charge is -2.22. The van der Waals surface area contributed by atoms with Gasteiger partial charge in [-0.1, -0.05) is 51.1 Å². The summed E-state index contributed by atoms with van der Waals surface area (Å²) in [7, 11) is 0. The van der Waals surface area contributed by atoms with Gasteiger partial charge >= 0.3 is 0 Å². The summed E-state index contributed by atoms with van der Waals surface area (Å²) in [6.45, 7) is 8.25. The number of amides is 2. The van der Waals surface area contributed by atoms with Gasteiger partial charge in [0, 0.05) is 37.2 Å². The zero-order valence-corrected chi connectivity index (χ0v) is 17.4. The second kappa shape index (κ2) is 8.43. The van der Waals surface area contributed by atoms with Gasteiger partial charge in [0.1, 0.15) is 0 Å². The molecule has 0 bridgehead atoms. The van der Waals surface area contributed by atoms with Crippen LogP contribution < -0.4 is 10.2 Å². The van der Waals surface area contributed by atoms with Crippen LogP contribution in [0.1, 0.15) is 39.7 Å². The maximum atomic E-state index is 12.5. The van der Waals surface area contributed by atoms with Gasteiger partial charge in [-0.2, -0.15) is 0 Å². The Labute approximate surface area is 171 Å². The number of nitrogens with one attached hydrogen (secondary N) is 1. The van der Waals surface area contributed by atoms with Gasteiger partial charge < -0.3 is 10.2 Å². The van der Waals surface area contributed by atoms with Crippen LogP contribution in [-0.2, 0) is 15.0 Å². The highest BCUT2D eigenvalue weighted by Crippen LogP contribution is 2.26. The van der Waals surface area contributed by atoms with E-state index in [0.717, 1.165) is 22.3 Å². The van der Waals surface area contributed by atoms with Crippen molar-refractivity contribution >= 4 is 34.1 Å². The van der Waals surface area contributed by atoms with Crippen LogP contribution in [0.15, 0.2) is 60.8 Å². The number of fused-ring (bicyclic) bond motifs is 1. The van der Waals surface area contributed by atoms with E-state index in [1.165, 1.54) is 12.5 Å². The molecule has 0 saturated carbocycles. The summed E-state index contributed by atoms with van der Waals surface area (Å²) in [6.07, 6.45) is 1.90. The highest BCUT2D eigenvalue weighted by molar-refractivity contribution is 6.01. The number of rotatable bonds is 5. The van der Waals surface area contributed by atoms with Gasteiger partial charge in [0.05, 0.1) is 11.2 Å². The van der Waals surface area contributed by atoms with E-state index in [2.05, 4.69) is 31.1 Å². The van der Waals surface area contributed by atoms with Crippen LogP contribution in [0.25, 0.3) is 10.9 Å². The number of nitrogens with zero attached hydrogens (tertiary/aromatic N) is 2. The number of benzene rings is 2. The van der Waals surface area contributed by atoms with Crippen molar-refractivity contribution < 1.29 is 9.59 Å². The van der Waals surface area contributed by atoms with E-state index < -0.39 is 0 Å². The van der Waals surface area contributed by atoms with Crippen molar-refractivity contribution in [3.05, 3.63) is 66.4 Å². The molecule has 0 aliphatic carbocycles. The lowest BCUT2D eigenvalue weighted by Crippen LogP contribution is -2.32. The van der Waals surface area contributed by atoms with Gasteiger partial charge in [-0.3, -0.25) is 14.6 Å². The third-order valence-electron chi connectivity index (χ3n) is 4.88. The molecule has 2 amide bonds. The first-order valence-electron chi connectivity index (χ1n) is 9.78. The van der Waals surface area contributed by atoms with Crippen molar-refractivity contribution in [2.45, 2.75) is 39.5 Å². The summed E-state index contributed by atoms with van der Waals surface area (Å²) in [6, 6.07) is 17.4. The first-order chi connectivity index (χ1) is 13.8. The van der Waals surface area contributed by atoms with Crippen molar-refractivity contribution in [1.29, 1.82) is 0 Å². The molecule has 5 heteroatoms. The molecule has 3 rings (SSSR count). The standard InChI is InChI=1S/C24H27N3O2/c1-17(28)27(21-9-5-7-18-8-6-15-25-23(18)21)16-14-22(29)26-20-12-10-19(11-13-20)24(2,3)4/h5-13,15H,14,16H2,1-4H3,(H,26,29). The Morgan fingerprint density at radius 3 is 2.34 bits per heavy atom. The monoisotopic (exact) mass is 389 g/mol. The smallest absolute Gasteiger partial charge is 0.226 e. The SMILES string of the molecule is CC(=O)N(CCC(=O)Nc1ccc(C(C)(C)C)cc1)c1cccc2cccnc12. The van der Waals surface area contributed by atoms with E-state index >= 15 is 0 Å². The minimum atomic E-state index is -0.132. The highest BCUT2D eigenvalue weighted by Gasteiger charge is 2.17. The minimum absolute atomic E-state index is 0.0665. The molecule has 0 aliphatic heterocycles. The molecule has 1 aromatic heterocycles. The number of pyridine rings is 1. The Balaban J connectivity index is 1.69. The largest absolute Gasteiger partial charge is 0.326 e. The molecule has 0 fully saturated rings. The third-order valence-corrected chi connectivity index (χ3v) is 4.88. The molecule has 150 valence electrons. The topological polar surface area (TPSA) is 62.3 Å². The maximum Gasteiger partial charge on any atom is 0.226 e. The van der Waals surface area contributed by atoms with E-state index in [1.54, 1.807) is 11.1 Å². The second-order valence-corrected chi connectivity index (χ2v) is 8.15.